The van der Waals surface area contributed by atoms with Crippen LogP contribution in [-0.4, -0.2) is 168 Å². The maximum absolute atomic E-state index is 14.3. The van der Waals surface area contributed by atoms with E-state index in [0.717, 1.165) is 11.1 Å². The van der Waals surface area contributed by atoms with Gasteiger partial charge in [-0.05, 0) is 75.5 Å². The maximum Gasteiger partial charge on any atom is 0.305 e. The van der Waals surface area contributed by atoms with Crippen LogP contribution in [0, 0.1) is 5.92 Å². The first-order valence-electron chi connectivity index (χ1n) is 26.2. The standard InChI is InChI=1S/C50H78N12O12S2/c1-4-31-20-40(63)36(21-32-23-53-28-55-32)59-48(72)37(22-43(66)67)60-47(71)34(6-3)58-46(70)33(5-2)56-42(65)24-54-45(69)35(13-7-8-16-51)57-41(64)15-18-75-25-29-11-9-12-30(19-29)26-76-27-38(44(52)68)61-49(73)39-14-10-17-62(39)50(31)74/h9,11-12,19,31-39,53,55H,4-8,10,13-18,20-28,51H2,1-3H3,(H2,52,68)(H,54,69)(H,56,65)(H,57,64)(H,58,70)(H,59,72)(H,60,71)(H,61,73)(H,66,67)/t31-,32?,33+,34+,35+,36+,37+,38+,39+/m1/s1. The van der Waals surface area contributed by atoms with Gasteiger partial charge in [-0.25, -0.2) is 0 Å². The van der Waals surface area contributed by atoms with Gasteiger partial charge < -0.3 is 69.3 Å². The third-order valence-electron chi connectivity index (χ3n) is 13.3. The van der Waals surface area contributed by atoms with Gasteiger partial charge in [0.15, 0.2) is 5.78 Å². The van der Waals surface area contributed by atoms with Gasteiger partial charge >= 0.3 is 5.97 Å². The minimum absolute atomic E-state index is 0.0263. The number of unbranched alkanes of at least 4 members (excludes halogenated alkanes) is 1. The fourth-order valence-electron chi connectivity index (χ4n) is 8.98. The van der Waals surface area contributed by atoms with Crippen molar-refractivity contribution in [2.75, 3.05) is 44.4 Å². The quantitative estimate of drug-likeness (QED) is 0.105. The molecule has 0 spiro atoms. The maximum atomic E-state index is 14.3. The molecule has 0 aromatic heterocycles. The molecule has 4 rings (SSSR count). The van der Waals surface area contributed by atoms with Crippen molar-refractivity contribution in [3.8, 4) is 0 Å². The summed E-state index contributed by atoms with van der Waals surface area (Å²) in [5.41, 5.74) is 13.4. The third-order valence-corrected chi connectivity index (χ3v) is 15.5. The minimum Gasteiger partial charge on any atom is -0.481 e. The Morgan fingerprint density at radius 2 is 1.39 bits per heavy atom. The second-order valence-electron chi connectivity index (χ2n) is 19.2. The fourth-order valence-corrected chi connectivity index (χ4v) is 10.9. The van der Waals surface area contributed by atoms with Crippen LogP contribution in [0.15, 0.2) is 24.3 Å². The summed E-state index contributed by atoms with van der Waals surface area (Å²) < 4.78 is 0. The molecule has 1 unspecified atom stereocenters. The molecule has 0 radical (unpaired) electrons. The molecule has 3 aliphatic heterocycles. The summed E-state index contributed by atoms with van der Waals surface area (Å²) in [7, 11) is 0. The molecular formula is C50H78N12O12S2. The SMILES string of the molecule is CC[C@@H]1CC(=O)[C@H](CC2CNCN2)NC(=O)[C@H](CC(=O)O)NC(=O)[C@H](CC)NC(=O)[C@H](CC)NC(=O)CNC(=O)[C@H](CCCCN)NC(=O)CCSCc2cccc(c2)CSC[C@@H](C(N)=O)NC(=O)[C@@H]2CCCN2C1=O. The van der Waals surface area contributed by atoms with E-state index in [4.69, 9.17) is 11.5 Å². The van der Waals surface area contributed by atoms with Gasteiger partial charge in [-0.2, -0.15) is 23.5 Å². The number of nitrogens with one attached hydrogen (secondary N) is 9. The predicted molar refractivity (Wildman–Crippen MR) is 285 cm³/mol. The van der Waals surface area contributed by atoms with E-state index in [-0.39, 0.29) is 69.2 Å². The molecule has 2 bridgehead atoms. The molecule has 26 heteroatoms. The molecule has 0 saturated carbocycles. The van der Waals surface area contributed by atoms with Crippen LogP contribution in [0.5, 0.6) is 0 Å². The second-order valence-corrected chi connectivity index (χ2v) is 21.3. The van der Waals surface area contributed by atoms with Gasteiger partial charge in [0.2, 0.25) is 53.2 Å². The van der Waals surface area contributed by atoms with Crippen LogP contribution in [0.4, 0.5) is 0 Å². The summed E-state index contributed by atoms with van der Waals surface area (Å²) in [5, 5.41) is 34.3. The van der Waals surface area contributed by atoms with Crippen molar-refractivity contribution in [2.24, 2.45) is 17.4 Å². The van der Waals surface area contributed by atoms with Crippen LogP contribution in [-0.2, 0) is 64.2 Å². The number of carboxylic acids is 1. The van der Waals surface area contributed by atoms with Crippen molar-refractivity contribution in [3.63, 3.8) is 0 Å². The van der Waals surface area contributed by atoms with E-state index < -0.39 is 120 Å². The third kappa shape index (κ3) is 20.6. The van der Waals surface area contributed by atoms with Crippen molar-refractivity contribution >= 4 is 88.4 Å². The Labute approximate surface area is 452 Å². The highest BCUT2D eigenvalue weighted by Crippen LogP contribution is 2.25. The Kier molecular flexibility index (Phi) is 27.0. The zero-order chi connectivity index (χ0) is 55.7. The van der Waals surface area contributed by atoms with Crippen molar-refractivity contribution < 1.29 is 57.8 Å². The first kappa shape index (κ1) is 62.7. The first-order chi connectivity index (χ1) is 36.4. The second kappa shape index (κ2) is 32.7. The van der Waals surface area contributed by atoms with Gasteiger partial charge in [0.1, 0.15) is 36.3 Å². The molecule has 0 aliphatic carbocycles. The molecule has 76 heavy (non-hydrogen) atoms. The molecule has 3 heterocycles. The number of benzene rings is 1. The molecule has 3 aliphatic rings. The largest absolute Gasteiger partial charge is 0.481 e. The molecule has 9 amide bonds. The lowest BCUT2D eigenvalue weighted by Crippen LogP contribution is -2.58. The van der Waals surface area contributed by atoms with E-state index in [1.54, 1.807) is 20.8 Å². The highest BCUT2D eigenvalue weighted by molar-refractivity contribution is 7.98. The fraction of sp³-hybridized carbons (Fsp3) is 0.660. The van der Waals surface area contributed by atoms with E-state index in [1.807, 2.05) is 24.3 Å². The molecule has 422 valence electrons. The molecular weight excluding hydrogens is 1020 g/mol. The normalized spacial score (nSPS) is 27.3. The Balaban J connectivity index is 1.59. The molecule has 14 N–H and O–H groups in total. The molecule has 1 aromatic carbocycles. The monoisotopic (exact) mass is 1100 g/mol. The summed E-state index contributed by atoms with van der Waals surface area (Å²) in [5.74, 6) is -7.51. The highest BCUT2D eigenvalue weighted by atomic mass is 32.2. The van der Waals surface area contributed by atoms with Crippen molar-refractivity contribution in [1.29, 1.82) is 0 Å². The van der Waals surface area contributed by atoms with Crippen molar-refractivity contribution in [3.05, 3.63) is 35.4 Å². The minimum atomic E-state index is -1.73. The van der Waals surface area contributed by atoms with Gasteiger partial charge in [0, 0.05) is 67.6 Å². The topological polar surface area (TPSA) is 372 Å². The van der Waals surface area contributed by atoms with Gasteiger partial charge in [-0.15, -0.1) is 0 Å². The molecule has 9 atom stereocenters. The van der Waals surface area contributed by atoms with E-state index in [9.17, 15) is 57.8 Å². The Morgan fingerprint density at radius 3 is 2.03 bits per heavy atom. The highest BCUT2D eigenvalue weighted by Gasteiger charge is 2.40. The molecule has 1 aromatic rings. The van der Waals surface area contributed by atoms with Crippen LogP contribution < -0.4 is 59.3 Å². The number of nitrogens with zero attached hydrogens (tertiary/aromatic N) is 1. The lowest BCUT2D eigenvalue weighted by atomic mass is 9.91. The van der Waals surface area contributed by atoms with Gasteiger partial charge in [0.05, 0.1) is 19.0 Å². The summed E-state index contributed by atoms with van der Waals surface area (Å²) in [6.07, 6.45) is 1.25. The number of Topliss-reactive ketones (excluding diaryl/α,β-unsaturated/α-hetero) is 1. The van der Waals surface area contributed by atoms with E-state index >= 15 is 0 Å². The average Bonchev–Trinajstić information content (AvgIpc) is 4.11. The number of primary amides is 1. The number of carboxylic acid groups (broad SMARTS) is 1. The van der Waals surface area contributed by atoms with Crippen LogP contribution in [0.3, 0.4) is 0 Å². The number of fused-ring (bicyclic) bond motifs is 3. The number of thioether (sulfide) groups is 2. The average molecular weight is 1100 g/mol. The number of carbonyl (C=O) groups is 11. The summed E-state index contributed by atoms with van der Waals surface area (Å²) in [6.45, 7) is 5.75. The van der Waals surface area contributed by atoms with Gasteiger partial charge in [-0.1, -0.05) is 45.0 Å². The Morgan fingerprint density at radius 1 is 0.750 bits per heavy atom. The Bertz CT molecular complexity index is 2200. The zero-order valence-corrected chi connectivity index (χ0v) is 45.3. The number of rotatable bonds is 12. The molecule has 2 fully saturated rings. The van der Waals surface area contributed by atoms with Crippen LogP contribution in [0.25, 0.3) is 0 Å². The lowest BCUT2D eigenvalue weighted by molar-refractivity contribution is -0.144. The number of hydrogen-bond donors (Lipinski definition) is 12. The van der Waals surface area contributed by atoms with Crippen LogP contribution >= 0.6 is 23.5 Å². The van der Waals surface area contributed by atoms with Gasteiger partial charge in [0.25, 0.3) is 0 Å². The Hall–Kier alpha value is -5.83. The predicted octanol–water partition coefficient (Wildman–Crippen LogP) is -1.62. The smallest absolute Gasteiger partial charge is 0.305 e. The number of nitrogens with two attached hydrogens (primary N) is 2. The number of aliphatic carboxylic acids is 1. The summed E-state index contributed by atoms with van der Waals surface area (Å²) in [4.78, 5) is 149. The van der Waals surface area contributed by atoms with Gasteiger partial charge in [-0.3, -0.25) is 52.7 Å². The van der Waals surface area contributed by atoms with Crippen LogP contribution in [0.1, 0.15) is 109 Å². The van der Waals surface area contributed by atoms with E-state index in [0.29, 0.717) is 62.7 Å². The van der Waals surface area contributed by atoms with Crippen LogP contribution in [0.2, 0.25) is 0 Å². The molecule has 2 saturated heterocycles. The summed E-state index contributed by atoms with van der Waals surface area (Å²) in [6, 6.07) is -0.995. The number of ketones is 1. The number of carbonyl (C=O) groups excluding carboxylic acids is 10. The van der Waals surface area contributed by atoms with Crippen molar-refractivity contribution in [2.45, 2.75) is 158 Å². The molecule has 24 nitrogen and oxygen atoms in total. The van der Waals surface area contributed by atoms with E-state index in [1.165, 1.54) is 28.4 Å². The first-order valence-corrected chi connectivity index (χ1v) is 28.5. The van der Waals surface area contributed by atoms with E-state index in [2.05, 4.69) is 47.9 Å². The number of amides is 9. The zero-order valence-electron chi connectivity index (χ0n) is 43.7. The lowest BCUT2D eigenvalue weighted by Gasteiger charge is -2.30. The van der Waals surface area contributed by atoms with Crippen molar-refractivity contribution in [1.82, 2.24) is 52.8 Å². The number of hydrogen-bond acceptors (Lipinski definition) is 16. The summed E-state index contributed by atoms with van der Waals surface area (Å²) >= 11 is 2.90.